The van der Waals surface area contributed by atoms with E-state index < -0.39 is 23.4 Å². The number of aliphatic hydroxyl groups is 4. The molecule has 0 heterocycles. The summed E-state index contributed by atoms with van der Waals surface area (Å²) in [7, 11) is 0. The molecule has 2 saturated carbocycles. The topological polar surface area (TPSA) is 80.9 Å². The molecule has 0 spiro atoms. The van der Waals surface area contributed by atoms with Crippen molar-refractivity contribution in [2.24, 2.45) is 0 Å². The molecule has 2 fully saturated rings. The van der Waals surface area contributed by atoms with E-state index in [2.05, 4.69) is 0 Å². The van der Waals surface area contributed by atoms with Crippen LogP contribution in [0.2, 0.25) is 0 Å². The van der Waals surface area contributed by atoms with Gasteiger partial charge < -0.3 is 20.4 Å². The summed E-state index contributed by atoms with van der Waals surface area (Å²) in [6.07, 6.45) is 7.69. The Labute approximate surface area is 121 Å². The summed E-state index contributed by atoms with van der Waals surface area (Å²) < 4.78 is 0. The second kappa shape index (κ2) is 6.73. The molecule has 20 heavy (non-hydrogen) atoms. The molecule has 4 N–H and O–H groups in total. The molecule has 4 heteroatoms. The fourth-order valence-electron chi connectivity index (χ4n) is 3.94. The molecular weight excluding hydrogens is 256 g/mol. The summed E-state index contributed by atoms with van der Waals surface area (Å²) in [5.41, 5.74) is -2.66. The third-order valence-electron chi connectivity index (χ3n) is 5.41. The lowest BCUT2D eigenvalue weighted by Crippen LogP contribution is -2.62. The van der Waals surface area contributed by atoms with Crippen LogP contribution in [0.4, 0.5) is 0 Å². The van der Waals surface area contributed by atoms with Crippen LogP contribution in [0.3, 0.4) is 0 Å². The van der Waals surface area contributed by atoms with Gasteiger partial charge in [0.05, 0.1) is 17.8 Å². The van der Waals surface area contributed by atoms with Crippen LogP contribution in [0, 0.1) is 0 Å². The van der Waals surface area contributed by atoms with E-state index in [1.54, 1.807) is 0 Å². The van der Waals surface area contributed by atoms with Gasteiger partial charge in [-0.15, -0.1) is 0 Å². The Bertz CT molecular complexity index is 309. The Hall–Kier alpha value is -0.160. The molecule has 118 valence electrons. The molecule has 0 aromatic heterocycles. The minimum Gasteiger partial charge on any atom is -0.393 e. The molecule has 2 aliphatic carbocycles. The van der Waals surface area contributed by atoms with E-state index in [9.17, 15) is 20.4 Å². The van der Waals surface area contributed by atoms with E-state index in [4.69, 9.17) is 0 Å². The van der Waals surface area contributed by atoms with Crippen molar-refractivity contribution < 1.29 is 20.4 Å². The van der Waals surface area contributed by atoms with Crippen LogP contribution in [-0.4, -0.2) is 43.8 Å². The van der Waals surface area contributed by atoms with Crippen molar-refractivity contribution in [1.82, 2.24) is 0 Å². The van der Waals surface area contributed by atoms with Gasteiger partial charge in [-0.25, -0.2) is 0 Å². The molecule has 2 rings (SSSR count). The lowest BCUT2D eigenvalue weighted by Gasteiger charge is -2.49. The summed E-state index contributed by atoms with van der Waals surface area (Å²) >= 11 is 0. The van der Waals surface area contributed by atoms with Crippen molar-refractivity contribution in [3.63, 3.8) is 0 Å². The summed E-state index contributed by atoms with van der Waals surface area (Å²) in [5.74, 6) is 0. The summed E-state index contributed by atoms with van der Waals surface area (Å²) in [6, 6.07) is 0. The maximum absolute atomic E-state index is 11.0. The van der Waals surface area contributed by atoms with Crippen molar-refractivity contribution in [3.05, 3.63) is 0 Å². The van der Waals surface area contributed by atoms with Crippen LogP contribution in [0.25, 0.3) is 0 Å². The van der Waals surface area contributed by atoms with Gasteiger partial charge in [-0.1, -0.05) is 38.5 Å². The highest BCUT2D eigenvalue weighted by molar-refractivity contribution is 5.06. The van der Waals surface area contributed by atoms with Crippen LogP contribution < -0.4 is 0 Å². The van der Waals surface area contributed by atoms with Crippen molar-refractivity contribution in [1.29, 1.82) is 0 Å². The van der Waals surface area contributed by atoms with Crippen molar-refractivity contribution in [2.75, 3.05) is 0 Å². The fraction of sp³-hybridized carbons (Fsp3) is 1.00. The smallest absolute Gasteiger partial charge is 0.119 e. The first-order valence-corrected chi connectivity index (χ1v) is 8.29. The third kappa shape index (κ3) is 3.35. The van der Waals surface area contributed by atoms with Gasteiger partial charge in [0.2, 0.25) is 0 Å². The van der Waals surface area contributed by atoms with Gasteiger partial charge in [0.1, 0.15) is 5.60 Å². The minimum atomic E-state index is -1.40. The zero-order valence-corrected chi connectivity index (χ0v) is 12.4. The van der Waals surface area contributed by atoms with E-state index in [-0.39, 0.29) is 0 Å². The van der Waals surface area contributed by atoms with Gasteiger partial charge in [0.15, 0.2) is 0 Å². The molecule has 2 aliphatic rings. The maximum Gasteiger partial charge on any atom is 0.119 e. The summed E-state index contributed by atoms with van der Waals surface area (Å²) in [4.78, 5) is 0. The maximum atomic E-state index is 11.0. The molecule has 4 nitrogen and oxygen atoms in total. The van der Waals surface area contributed by atoms with Crippen LogP contribution in [0.5, 0.6) is 0 Å². The largest absolute Gasteiger partial charge is 0.393 e. The molecule has 0 aromatic rings. The van der Waals surface area contributed by atoms with Gasteiger partial charge in [0, 0.05) is 0 Å². The van der Waals surface area contributed by atoms with Crippen molar-refractivity contribution >= 4 is 0 Å². The molecule has 0 bridgehead atoms. The summed E-state index contributed by atoms with van der Waals surface area (Å²) in [5, 5.41) is 42.1. The van der Waals surface area contributed by atoms with Crippen LogP contribution in [-0.2, 0) is 0 Å². The van der Waals surface area contributed by atoms with Crippen molar-refractivity contribution in [3.8, 4) is 0 Å². The van der Waals surface area contributed by atoms with Gasteiger partial charge in [0.25, 0.3) is 0 Å². The summed E-state index contributed by atoms with van der Waals surface area (Å²) in [6.45, 7) is 0. The van der Waals surface area contributed by atoms with Crippen LogP contribution >= 0.6 is 0 Å². The Balaban J connectivity index is 2.13. The predicted octanol–water partition coefficient (Wildman–Crippen LogP) is 1.88. The first kappa shape index (κ1) is 16.2. The minimum absolute atomic E-state index is 0.377. The normalized spacial score (nSPS) is 45.0. The third-order valence-corrected chi connectivity index (χ3v) is 5.41. The zero-order chi connectivity index (χ0) is 14.6. The average Bonchev–Trinajstić information content (AvgIpc) is 2.43. The van der Waals surface area contributed by atoms with E-state index in [0.29, 0.717) is 32.1 Å². The van der Waals surface area contributed by atoms with Crippen molar-refractivity contribution in [2.45, 2.75) is 100 Å². The Morgan fingerprint density at radius 1 is 0.650 bits per heavy atom. The molecule has 4 unspecified atom stereocenters. The second-order valence-corrected chi connectivity index (χ2v) is 6.86. The standard InChI is InChI=1S/C16H30O4/c17-13-7-3-1-2-5-10-15(19,12-9-13)16(20)11-6-4-8-14(16)18/h13-14,17-20H,1-12H2. The van der Waals surface area contributed by atoms with Gasteiger partial charge >= 0.3 is 0 Å². The highest BCUT2D eigenvalue weighted by Crippen LogP contribution is 2.43. The van der Waals surface area contributed by atoms with Gasteiger partial charge in [-0.05, 0) is 38.5 Å². The first-order chi connectivity index (χ1) is 9.48. The monoisotopic (exact) mass is 286 g/mol. The zero-order valence-electron chi connectivity index (χ0n) is 12.4. The molecule has 0 aromatic carbocycles. The number of hydrogen-bond donors (Lipinski definition) is 4. The number of aliphatic hydroxyl groups excluding tert-OH is 2. The SMILES string of the molecule is OC1CCCCCCC(O)(C2(O)CCCCC2O)CC1. The van der Waals surface area contributed by atoms with Crippen LogP contribution in [0.1, 0.15) is 77.0 Å². The first-order valence-electron chi connectivity index (χ1n) is 8.29. The quantitative estimate of drug-likeness (QED) is 0.593. The predicted molar refractivity (Wildman–Crippen MR) is 77.3 cm³/mol. The molecule has 0 radical (unpaired) electrons. The molecule has 0 saturated heterocycles. The van der Waals surface area contributed by atoms with E-state index >= 15 is 0 Å². The highest BCUT2D eigenvalue weighted by Gasteiger charge is 2.53. The van der Waals surface area contributed by atoms with Gasteiger partial charge in [-0.3, -0.25) is 0 Å². The Morgan fingerprint density at radius 2 is 1.30 bits per heavy atom. The lowest BCUT2D eigenvalue weighted by atomic mass is 9.66. The van der Waals surface area contributed by atoms with E-state index in [0.717, 1.165) is 44.9 Å². The lowest BCUT2D eigenvalue weighted by molar-refractivity contribution is -0.224. The Morgan fingerprint density at radius 3 is 2.05 bits per heavy atom. The second-order valence-electron chi connectivity index (χ2n) is 6.86. The van der Waals surface area contributed by atoms with E-state index in [1.807, 2.05) is 0 Å². The average molecular weight is 286 g/mol. The fourth-order valence-corrected chi connectivity index (χ4v) is 3.94. The Kier molecular flexibility index (Phi) is 5.46. The van der Waals surface area contributed by atoms with E-state index in [1.165, 1.54) is 0 Å². The molecule has 4 atom stereocenters. The van der Waals surface area contributed by atoms with Crippen LogP contribution in [0.15, 0.2) is 0 Å². The molecule has 0 amide bonds. The van der Waals surface area contributed by atoms with Gasteiger partial charge in [-0.2, -0.15) is 0 Å². The number of rotatable bonds is 1. The highest BCUT2D eigenvalue weighted by atomic mass is 16.4. The molecule has 0 aliphatic heterocycles. The molecular formula is C16H30O4. The number of hydrogen-bond acceptors (Lipinski definition) is 4.